The molecule has 2 aliphatic heterocycles. The second kappa shape index (κ2) is 7.46. The molecule has 2 unspecified atom stereocenters. The Bertz CT molecular complexity index is 1100. The van der Waals surface area contributed by atoms with Crippen molar-refractivity contribution in [3.63, 3.8) is 0 Å². The Labute approximate surface area is 181 Å². The van der Waals surface area contributed by atoms with Crippen LogP contribution in [0.5, 0.6) is 23.0 Å². The number of ether oxygens (including phenoxy) is 2. The van der Waals surface area contributed by atoms with Gasteiger partial charge in [0.15, 0.2) is 17.3 Å². The van der Waals surface area contributed by atoms with E-state index in [4.69, 9.17) is 9.47 Å². The first-order valence-electron chi connectivity index (χ1n) is 10.2. The third-order valence-electron chi connectivity index (χ3n) is 5.73. The van der Waals surface area contributed by atoms with Crippen molar-refractivity contribution in [2.75, 3.05) is 0 Å². The van der Waals surface area contributed by atoms with Crippen molar-refractivity contribution in [1.29, 1.82) is 0 Å². The van der Waals surface area contributed by atoms with Gasteiger partial charge in [-0.1, -0.05) is 18.2 Å². The topological polar surface area (TPSA) is 99.5 Å². The van der Waals surface area contributed by atoms with Crippen LogP contribution in [0, 0.1) is 0 Å². The van der Waals surface area contributed by atoms with Gasteiger partial charge in [0.2, 0.25) is 0 Å². The van der Waals surface area contributed by atoms with Gasteiger partial charge in [-0.2, -0.15) is 0 Å². The normalized spacial score (nSPS) is 23.4. The number of fused-ring (bicyclic) bond motifs is 1. The largest absolute Gasteiger partial charge is 0.508 e. The van der Waals surface area contributed by atoms with Gasteiger partial charge in [0.1, 0.15) is 23.2 Å². The molecule has 2 heterocycles. The third-order valence-corrected chi connectivity index (χ3v) is 5.73. The molecule has 2 aromatic rings. The number of benzene rings is 2. The standard InChI is InChI=1S/C25H26O6/c1-24(2)22(30-24)11-13-25(3)12-10-17-15(5-9-20(28)23(17)31-25)4-8-19(27)18-7-6-16(26)14-21(18)29/h5-7,9-14,22,26,28-29H,4,8H2,1-3H3. The fraction of sp³-hybridized carbons (Fsp3) is 0.320. The van der Waals surface area contributed by atoms with E-state index in [9.17, 15) is 20.1 Å². The van der Waals surface area contributed by atoms with Crippen LogP contribution in [0.4, 0.5) is 0 Å². The molecule has 0 radical (unpaired) electrons. The Kier molecular flexibility index (Phi) is 5.06. The van der Waals surface area contributed by atoms with E-state index in [2.05, 4.69) is 0 Å². The number of aryl methyl sites for hydroxylation is 1. The van der Waals surface area contributed by atoms with Gasteiger partial charge in [0, 0.05) is 18.1 Å². The number of rotatable bonds is 6. The molecule has 2 aromatic carbocycles. The van der Waals surface area contributed by atoms with Gasteiger partial charge >= 0.3 is 0 Å². The highest BCUT2D eigenvalue weighted by molar-refractivity contribution is 5.98. The predicted octanol–water partition coefficient (Wildman–Crippen LogP) is 4.52. The summed E-state index contributed by atoms with van der Waals surface area (Å²) in [6.45, 7) is 5.95. The molecule has 6 nitrogen and oxygen atoms in total. The molecule has 4 rings (SSSR count). The Balaban J connectivity index is 1.51. The third kappa shape index (κ3) is 4.30. The predicted molar refractivity (Wildman–Crippen MR) is 117 cm³/mol. The monoisotopic (exact) mass is 422 g/mol. The van der Waals surface area contributed by atoms with E-state index in [0.717, 1.165) is 17.2 Å². The summed E-state index contributed by atoms with van der Waals surface area (Å²) in [5.41, 5.74) is 0.875. The molecule has 0 amide bonds. The minimum atomic E-state index is -0.723. The molecular weight excluding hydrogens is 396 g/mol. The van der Waals surface area contributed by atoms with Crippen molar-refractivity contribution >= 4 is 11.9 Å². The number of epoxide rings is 1. The van der Waals surface area contributed by atoms with Crippen molar-refractivity contribution in [2.45, 2.75) is 50.9 Å². The number of ketones is 1. The van der Waals surface area contributed by atoms with Crippen LogP contribution in [-0.4, -0.2) is 38.4 Å². The highest BCUT2D eigenvalue weighted by Gasteiger charge is 2.46. The van der Waals surface area contributed by atoms with E-state index >= 15 is 0 Å². The quantitative estimate of drug-likeness (QED) is 0.360. The number of carbonyl (C=O) groups is 1. The average molecular weight is 422 g/mol. The molecule has 6 heteroatoms. The smallest absolute Gasteiger partial charge is 0.170 e. The lowest BCUT2D eigenvalue weighted by Gasteiger charge is -2.30. The Morgan fingerprint density at radius 1 is 1.10 bits per heavy atom. The van der Waals surface area contributed by atoms with Gasteiger partial charge in [-0.15, -0.1) is 0 Å². The molecule has 0 aliphatic carbocycles. The molecule has 2 aliphatic rings. The lowest BCUT2D eigenvalue weighted by Crippen LogP contribution is -2.30. The van der Waals surface area contributed by atoms with Gasteiger partial charge < -0.3 is 24.8 Å². The van der Waals surface area contributed by atoms with Crippen LogP contribution in [0.1, 0.15) is 48.7 Å². The van der Waals surface area contributed by atoms with Crippen molar-refractivity contribution < 1.29 is 29.6 Å². The Morgan fingerprint density at radius 3 is 2.52 bits per heavy atom. The highest BCUT2D eigenvalue weighted by Crippen LogP contribution is 2.42. The molecule has 3 N–H and O–H groups in total. The number of phenolic OH excluding ortho intramolecular Hbond substituents is 3. The number of hydrogen-bond acceptors (Lipinski definition) is 6. The second-order valence-corrected chi connectivity index (χ2v) is 8.73. The zero-order valence-corrected chi connectivity index (χ0v) is 17.8. The number of phenols is 3. The molecule has 31 heavy (non-hydrogen) atoms. The van der Waals surface area contributed by atoms with Crippen LogP contribution >= 0.6 is 0 Å². The van der Waals surface area contributed by atoms with Crippen LogP contribution < -0.4 is 4.74 Å². The number of carbonyl (C=O) groups excluding carboxylic acids is 1. The summed E-state index contributed by atoms with van der Waals surface area (Å²) in [6.07, 6.45) is 8.33. The van der Waals surface area contributed by atoms with Crippen LogP contribution in [0.15, 0.2) is 48.6 Å². The van der Waals surface area contributed by atoms with E-state index in [1.807, 2.05) is 45.1 Å². The Hall–Kier alpha value is -3.25. The maximum Gasteiger partial charge on any atom is 0.170 e. The van der Waals surface area contributed by atoms with E-state index in [-0.39, 0.29) is 46.7 Å². The molecule has 162 valence electrons. The lowest BCUT2D eigenvalue weighted by molar-refractivity contribution is 0.0980. The van der Waals surface area contributed by atoms with Crippen LogP contribution in [0.3, 0.4) is 0 Å². The molecule has 1 fully saturated rings. The summed E-state index contributed by atoms with van der Waals surface area (Å²) in [6, 6.07) is 7.26. The van der Waals surface area contributed by atoms with Crippen molar-refractivity contribution in [2.24, 2.45) is 0 Å². The summed E-state index contributed by atoms with van der Waals surface area (Å²) in [5.74, 6) is -0.166. The van der Waals surface area contributed by atoms with Crippen molar-refractivity contribution in [3.8, 4) is 23.0 Å². The Morgan fingerprint density at radius 2 is 1.84 bits per heavy atom. The van der Waals surface area contributed by atoms with Crippen LogP contribution in [0.2, 0.25) is 0 Å². The molecular formula is C25H26O6. The van der Waals surface area contributed by atoms with Crippen LogP contribution in [0.25, 0.3) is 6.08 Å². The maximum atomic E-state index is 12.5. The lowest BCUT2D eigenvalue weighted by atomic mass is 9.93. The minimum absolute atomic E-state index is 0.0354. The molecule has 1 saturated heterocycles. The van der Waals surface area contributed by atoms with Gasteiger partial charge in [0.05, 0.1) is 11.2 Å². The van der Waals surface area contributed by atoms with Gasteiger partial charge in [-0.25, -0.2) is 0 Å². The van der Waals surface area contributed by atoms with Crippen molar-refractivity contribution in [3.05, 3.63) is 65.3 Å². The first-order valence-corrected chi connectivity index (χ1v) is 10.2. The maximum absolute atomic E-state index is 12.5. The first-order chi connectivity index (χ1) is 14.6. The molecule has 2 atom stereocenters. The summed E-state index contributed by atoms with van der Waals surface area (Å²) in [7, 11) is 0. The summed E-state index contributed by atoms with van der Waals surface area (Å²) >= 11 is 0. The molecule has 0 spiro atoms. The summed E-state index contributed by atoms with van der Waals surface area (Å²) < 4.78 is 11.7. The van der Waals surface area contributed by atoms with E-state index in [1.54, 1.807) is 12.1 Å². The number of Topliss-reactive ketones (excluding diaryl/α,β-unsaturated/α-hetero) is 1. The zero-order chi connectivity index (χ0) is 22.4. The average Bonchev–Trinajstić information content (AvgIpc) is 3.33. The van der Waals surface area contributed by atoms with E-state index in [0.29, 0.717) is 12.2 Å². The highest BCUT2D eigenvalue weighted by atomic mass is 16.6. The molecule has 0 aromatic heterocycles. The van der Waals surface area contributed by atoms with Gasteiger partial charge in [-0.05, 0) is 63.1 Å². The SMILES string of the molecule is CC1(C=CC2OC2(C)C)C=Cc2c(CCC(=O)c3ccc(O)cc3O)ccc(O)c2O1. The number of aromatic hydroxyl groups is 3. The van der Waals surface area contributed by atoms with E-state index < -0.39 is 5.60 Å². The fourth-order valence-electron chi connectivity index (χ4n) is 3.71. The minimum Gasteiger partial charge on any atom is -0.508 e. The molecule has 0 bridgehead atoms. The fourth-order valence-corrected chi connectivity index (χ4v) is 3.71. The van der Waals surface area contributed by atoms with Gasteiger partial charge in [-0.3, -0.25) is 4.79 Å². The van der Waals surface area contributed by atoms with Gasteiger partial charge in [0.25, 0.3) is 0 Å². The van der Waals surface area contributed by atoms with E-state index in [1.165, 1.54) is 12.1 Å². The molecule has 0 saturated carbocycles. The summed E-state index contributed by atoms with van der Waals surface area (Å²) in [4.78, 5) is 12.5. The van der Waals surface area contributed by atoms with Crippen LogP contribution in [-0.2, 0) is 11.2 Å². The number of hydrogen-bond donors (Lipinski definition) is 3. The zero-order valence-electron chi connectivity index (χ0n) is 17.8. The first kappa shape index (κ1) is 21.0. The summed E-state index contributed by atoms with van der Waals surface area (Å²) in [5, 5.41) is 29.7. The second-order valence-electron chi connectivity index (χ2n) is 8.73. The van der Waals surface area contributed by atoms with Crippen molar-refractivity contribution in [1.82, 2.24) is 0 Å².